The van der Waals surface area contributed by atoms with Crippen molar-refractivity contribution in [2.24, 2.45) is 0 Å². The van der Waals surface area contributed by atoms with Gasteiger partial charge in [-0.1, -0.05) is 24.3 Å². The van der Waals surface area contributed by atoms with Gasteiger partial charge in [0.15, 0.2) is 0 Å². The number of halogens is 6. The minimum absolute atomic E-state index is 0.00697. The summed E-state index contributed by atoms with van der Waals surface area (Å²) in [6.45, 7) is -0.0147. The lowest BCUT2D eigenvalue weighted by molar-refractivity contribution is -0.376. The van der Waals surface area contributed by atoms with Crippen LogP contribution in [0.5, 0.6) is 11.5 Å². The molecule has 0 amide bonds. The van der Waals surface area contributed by atoms with Crippen LogP contribution in [0.2, 0.25) is 0 Å². The van der Waals surface area contributed by atoms with E-state index in [4.69, 9.17) is 9.47 Å². The number of hydrogen-bond acceptors (Lipinski definition) is 5. The highest BCUT2D eigenvalue weighted by atomic mass is 19.4. The number of hydrogen-bond donors (Lipinski definition) is 1. The molecule has 0 heterocycles. The van der Waals surface area contributed by atoms with Crippen LogP contribution in [0, 0.1) is 0 Å². The first-order valence-corrected chi connectivity index (χ1v) is 8.76. The number of esters is 1. The molecule has 2 aromatic carbocycles. The van der Waals surface area contributed by atoms with E-state index in [-0.39, 0.29) is 25.4 Å². The highest BCUT2D eigenvalue weighted by Gasteiger charge is 2.71. The topological polar surface area (TPSA) is 65.0 Å². The molecule has 0 aromatic heterocycles. The van der Waals surface area contributed by atoms with Gasteiger partial charge in [0.2, 0.25) is 0 Å². The molecule has 170 valence electrons. The zero-order valence-electron chi connectivity index (χ0n) is 16.1. The monoisotopic (exact) mass is 452 g/mol. The molecule has 0 saturated heterocycles. The van der Waals surface area contributed by atoms with Gasteiger partial charge >= 0.3 is 18.3 Å². The Morgan fingerprint density at radius 2 is 1.23 bits per heavy atom. The minimum Gasteiger partial charge on any atom is -0.490 e. The molecule has 0 aliphatic rings. The van der Waals surface area contributed by atoms with Crippen LogP contribution in [-0.4, -0.2) is 43.8 Å². The van der Waals surface area contributed by atoms with Crippen LogP contribution in [0.4, 0.5) is 26.3 Å². The highest BCUT2D eigenvalue weighted by molar-refractivity contribution is 5.72. The third-order valence-corrected chi connectivity index (χ3v) is 4.21. The summed E-state index contributed by atoms with van der Waals surface area (Å²) >= 11 is 0. The van der Waals surface area contributed by atoms with E-state index in [0.717, 1.165) is 12.1 Å². The molecule has 2 aromatic rings. The lowest BCUT2D eigenvalue weighted by Crippen LogP contribution is -2.53. The molecular formula is C20H18F6O5. The summed E-state index contributed by atoms with van der Waals surface area (Å²) in [5.41, 5.74) is -5.64. The predicted molar refractivity (Wildman–Crippen MR) is 95.6 cm³/mol. The van der Waals surface area contributed by atoms with Crippen LogP contribution in [0.3, 0.4) is 0 Å². The molecular weight excluding hydrogens is 434 g/mol. The van der Waals surface area contributed by atoms with Gasteiger partial charge in [-0.2, -0.15) is 26.3 Å². The van der Waals surface area contributed by atoms with Crippen LogP contribution in [0.25, 0.3) is 0 Å². The Bertz CT molecular complexity index is 846. The fourth-order valence-electron chi connectivity index (χ4n) is 2.54. The Balaban J connectivity index is 1.91. The number of carbonyl (C=O) groups excluding carboxylic acids is 1. The summed E-state index contributed by atoms with van der Waals surface area (Å²) in [6, 6.07) is 9.32. The van der Waals surface area contributed by atoms with Crippen molar-refractivity contribution in [3.63, 3.8) is 0 Å². The van der Waals surface area contributed by atoms with Crippen LogP contribution >= 0.6 is 0 Å². The van der Waals surface area contributed by atoms with E-state index < -0.39 is 29.5 Å². The van der Waals surface area contributed by atoms with E-state index in [0.29, 0.717) is 23.4 Å². The zero-order chi connectivity index (χ0) is 23.3. The van der Waals surface area contributed by atoms with Crippen molar-refractivity contribution < 1.29 is 50.5 Å². The Kier molecular flexibility index (Phi) is 7.42. The van der Waals surface area contributed by atoms with E-state index in [2.05, 4.69) is 4.74 Å². The zero-order valence-corrected chi connectivity index (χ0v) is 16.1. The van der Waals surface area contributed by atoms with Crippen molar-refractivity contribution in [2.75, 3.05) is 20.3 Å². The fraction of sp³-hybridized carbons (Fsp3) is 0.350. The maximum absolute atomic E-state index is 12.9. The van der Waals surface area contributed by atoms with Crippen molar-refractivity contribution in [3.05, 3.63) is 59.7 Å². The third-order valence-electron chi connectivity index (χ3n) is 4.21. The molecule has 2 rings (SSSR count). The largest absolute Gasteiger partial charge is 0.490 e. The molecule has 0 radical (unpaired) electrons. The maximum atomic E-state index is 12.9. The molecule has 0 bridgehead atoms. The standard InChI is InChI=1S/C20H18F6O5/c1-29-17(27)12-13-2-6-15(7-3-13)30-10-11-31-16-8-4-14(5-9-16)18(28,19(21,22)23)20(24,25)26/h2-9,28H,10-12H2,1H3. The molecule has 0 aliphatic carbocycles. The van der Waals surface area contributed by atoms with Gasteiger partial charge in [0, 0.05) is 5.56 Å². The van der Waals surface area contributed by atoms with E-state index in [9.17, 15) is 36.2 Å². The minimum atomic E-state index is -5.95. The summed E-state index contributed by atoms with van der Waals surface area (Å²) < 4.78 is 92.3. The predicted octanol–water partition coefficient (Wildman–Crippen LogP) is 4.17. The molecule has 11 heteroatoms. The Morgan fingerprint density at radius 3 is 1.61 bits per heavy atom. The van der Waals surface area contributed by atoms with Crippen molar-refractivity contribution in [1.29, 1.82) is 0 Å². The summed E-state index contributed by atoms with van der Waals surface area (Å²) in [6.07, 6.45) is -11.8. The summed E-state index contributed by atoms with van der Waals surface area (Å²) in [5, 5.41) is 9.33. The van der Waals surface area contributed by atoms with Gasteiger partial charge in [-0.15, -0.1) is 0 Å². The first-order valence-electron chi connectivity index (χ1n) is 8.76. The highest BCUT2D eigenvalue weighted by Crippen LogP contribution is 2.50. The lowest BCUT2D eigenvalue weighted by atomic mass is 9.92. The number of carbonyl (C=O) groups is 1. The Hall–Kier alpha value is -2.95. The lowest BCUT2D eigenvalue weighted by Gasteiger charge is -2.32. The average Bonchev–Trinajstić information content (AvgIpc) is 2.70. The molecule has 1 N–H and O–H groups in total. The van der Waals surface area contributed by atoms with E-state index in [1.165, 1.54) is 7.11 Å². The molecule has 0 aliphatic heterocycles. The molecule has 0 spiro atoms. The average molecular weight is 452 g/mol. The first-order chi connectivity index (χ1) is 14.4. The first kappa shape index (κ1) is 24.3. The van der Waals surface area contributed by atoms with Gasteiger partial charge in [0.1, 0.15) is 24.7 Å². The van der Waals surface area contributed by atoms with Gasteiger partial charge in [-0.25, -0.2) is 0 Å². The smallest absolute Gasteiger partial charge is 0.430 e. The normalized spacial score (nSPS) is 12.4. The Labute approximate surface area is 173 Å². The number of benzene rings is 2. The van der Waals surface area contributed by atoms with Gasteiger partial charge in [-0.3, -0.25) is 4.79 Å². The van der Waals surface area contributed by atoms with E-state index in [1.54, 1.807) is 24.3 Å². The molecule has 0 saturated carbocycles. The number of rotatable bonds is 8. The molecule has 0 atom stereocenters. The van der Waals surface area contributed by atoms with Gasteiger partial charge in [-0.05, 0) is 29.8 Å². The molecule has 5 nitrogen and oxygen atoms in total. The van der Waals surface area contributed by atoms with Crippen molar-refractivity contribution in [3.8, 4) is 11.5 Å². The number of ether oxygens (including phenoxy) is 3. The van der Waals surface area contributed by atoms with Crippen molar-refractivity contribution in [1.82, 2.24) is 0 Å². The molecule has 0 fully saturated rings. The number of alkyl halides is 6. The second-order valence-corrected chi connectivity index (χ2v) is 6.32. The van der Waals surface area contributed by atoms with Crippen LogP contribution in [0.15, 0.2) is 48.5 Å². The van der Waals surface area contributed by atoms with Gasteiger partial charge < -0.3 is 19.3 Å². The quantitative estimate of drug-likeness (QED) is 0.370. The SMILES string of the molecule is COC(=O)Cc1ccc(OCCOc2ccc(C(O)(C(F)(F)F)C(F)(F)F)cc2)cc1. The number of aliphatic hydroxyl groups is 1. The van der Waals surface area contributed by atoms with E-state index in [1.807, 2.05) is 0 Å². The molecule has 31 heavy (non-hydrogen) atoms. The van der Waals surface area contributed by atoms with Crippen molar-refractivity contribution >= 4 is 5.97 Å². The van der Waals surface area contributed by atoms with Crippen molar-refractivity contribution in [2.45, 2.75) is 24.4 Å². The van der Waals surface area contributed by atoms with Gasteiger partial charge in [0.25, 0.3) is 5.60 Å². The number of methoxy groups -OCH3 is 1. The third kappa shape index (κ3) is 5.81. The van der Waals surface area contributed by atoms with Crippen LogP contribution in [-0.2, 0) is 21.6 Å². The second-order valence-electron chi connectivity index (χ2n) is 6.32. The van der Waals surface area contributed by atoms with Crippen LogP contribution in [0.1, 0.15) is 11.1 Å². The Morgan fingerprint density at radius 1 is 0.806 bits per heavy atom. The van der Waals surface area contributed by atoms with Crippen LogP contribution < -0.4 is 9.47 Å². The second kappa shape index (κ2) is 9.46. The fourth-order valence-corrected chi connectivity index (χ4v) is 2.54. The summed E-state index contributed by atoms with van der Waals surface area (Å²) in [7, 11) is 1.28. The van der Waals surface area contributed by atoms with Gasteiger partial charge in [0.05, 0.1) is 13.5 Å². The summed E-state index contributed by atoms with van der Waals surface area (Å²) in [5.74, 6) is 0.0671. The molecule has 0 unspecified atom stereocenters. The summed E-state index contributed by atoms with van der Waals surface area (Å²) in [4.78, 5) is 11.2. The van der Waals surface area contributed by atoms with E-state index >= 15 is 0 Å². The maximum Gasteiger partial charge on any atom is 0.430 e.